The fourth-order valence-corrected chi connectivity index (χ4v) is 4.04. The van der Waals surface area contributed by atoms with Gasteiger partial charge < -0.3 is 21.1 Å². The fraction of sp³-hybridized carbons (Fsp3) is 0.500. The van der Waals surface area contributed by atoms with E-state index in [0.717, 1.165) is 48.5 Å². The Labute approximate surface area is 177 Å². The van der Waals surface area contributed by atoms with E-state index >= 15 is 0 Å². The number of aryl methyl sites for hydroxylation is 1. The van der Waals surface area contributed by atoms with Crippen LogP contribution in [0.1, 0.15) is 38.3 Å². The summed E-state index contributed by atoms with van der Waals surface area (Å²) >= 11 is 0. The molecule has 4 N–H and O–H groups in total. The standard InChI is InChI=1S/C22H31N7O/c1-22(2,16-9-11-30-12-10-16)28-19-17-13-25-29(3)20(17)27-21(26-19)24-14-18(23)15-7-5-4-6-8-15/h4-8,13,16,18H,9-12,14,23H2,1-3H3,(H2,24,26,27,28)/t18-/m0/s1. The van der Waals surface area contributed by atoms with Crippen LogP contribution in [0, 0.1) is 5.92 Å². The number of nitrogens with two attached hydrogens (primary N) is 1. The van der Waals surface area contributed by atoms with Crippen LogP contribution in [-0.2, 0) is 11.8 Å². The topological polar surface area (TPSA) is 103 Å². The van der Waals surface area contributed by atoms with Crippen LogP contribution in [-0.4, -0.2) is 45.0 Å². The molecule has 0 spiro atoms. The van der Waals surface area contributed by atoms with Gasteiger partial charge in [-0.2, -0.15) is 15.1 Å². The highest BCUT2D eigenvalue weighted by atomic mass is 16.5. The van der Waals surface area contributed by atoms with E-state index in [1.165, 1.54) is 0 Å². The molecule has 4 rings (SSSR count). The lowest BCUT2D eigenvalue weighted by Gasteiger charge is -2.38. The van der Waals surface area contributed by atoms with Crippen molar-refractivity contribution < 1.29 is 4.74 Å². The van der Waals surface area contributed by atoms with Crippen molar-refractivity contribution >= 4 is 22.8 Å². The third-order valence-corrected chi connectivity index (χ3v) is 5.98. The summed E-state index contributed by atoms with van der Waals surface area (Å²) < 4.78 is 7.31. The van der Waals surface area contributed by atoms with Crippen LogP contribution in [0.2, 0.25) is 0 Å². The fourth-order valence-electron chi connectivity index (χ4n) is 4.04. The molecule has 1 fully saturated rings. The smallest absolute Gasteiger partial charge is 0.226 e. The highest BCUT2D eigenvalue weighted by Gasteiger charge is 2.32. The van der Waals surface area contributed by atoms with E-state index in [1.54, 1.807) is 4.68 Å². The summed E-state index contributed by atoms with van der Waals surface area (Å²) in [6, 6.07) is 9.89. The van der Waals surface area contributed by atoms with Crippen LogP contribution in [0.15, 0.2) is 36.5 Å². The second kappa shape index (κ2) is 8.57. The minimum atomic E-state index is -0.146. The average Bonchev–Trinajstić information content (AvgIpc) is 3.14. The Kier molecular flexibility index (Phi) is 5.87. The number of benzene rings is 1. The maximum Gasteiger partial charge on any atom is 0.226 e. The van der Waals surface area contributed by atoms with Gasteiger partial charge in [-0.15, -0.1) is 0 Å². The zero-order valence-electron chi connectivity index (χ0n) is 17.9. The number of anilines is 2. The molecule has 1 saturated heterocycles. The van der Waals surface area contributed by atoms with Crippen LogP contribution in [0.25, 0.3) is 11.0 Å². The molecule has 160 valence electrons. The minimum absolute atomic E-state index is 0.126. The van der Waals surface area contributed by atoms with Crippen LogP contribution in [0.3, 0.4) is 0 Å². The maximum atomic E-state index is 6.34. The quantitative estimate of drug-likeness (QED) is 0.551. The second-order valence-corrected chi connectivity index (χ2v) is 8.53. The third kappa shape index (κ3) is 4.39. The molecule has 1 atom stereocenters. The van der Waals surface area contributed by atoms with Crippen molar-refractivity contribution in [1.82, 2.24) is 19.7 Å². The largest absolute Gasteiger partial charge is 0.381 e. The van der Waals surface area contributed by atoms with Gasteiger partial charge in [0.15, 0.2) is 5.65 Å². The van der Waals surface area contributed by atoms with Gasteiger partial charge in [0.05, 0.1) is 11.6 Å². The lowest BCUT2D eigenvalue weighted by atomic mass is 9.82. The molecule has 0 saturated carbocycles. The molecule has 3 aromatic rings. The van der Waals surface area contributed by atoms with Crippen molar-refractivity contribution in [2.24, 2.45) is 18.7 Å². The van der Waals surface area contributed by atoms with Gasteiger partial charge in [0.2, 0.25) is 5.95 Å². The molecule has 2 aromatic heterocycles. The second-order valence-electron chi connectivity index (χ2n) is 8.53. The normalized spacial score (nSPS) is 16.5. The van der Waals surface area contributed by atoms with E-state index in [4.69, 9.17) is 15.5 Å². The van der Waals surface area contributed by atoms with Crippen molar-refractivity contribution in [2.75, 3.05) is 30.4 Å². The van der Waals surface area contributed by atoms with Crippen molar-refractivity contribution in [1.29, 1.82) is 0 Å². The molecule has 30 heavy (non-hydrogen) atoms. The molecule has 0 unspecified atom stereocenters. The molecular formula is C22H31N7O. The number of rotatable bonds is 7. The summed E-state index contributed by atoms with van der Waals surface area (Å²) in [4.78, 5) is 9.45. The summed E-state index contributed by atoms with van der Waals surface area (Å²) in [5.74, 6) is 1.85. The number of fused-ring (bicyclic) bond motifs is 1. The SMILES string of the molecule is Cn1ncc2c(NC(C)(C)C3CCOCC3)nc(NC[C@H](N)c3ccccc3)nc21. The molecule has 1 aliphatic rings. The van der Waals surface area contributed by atoms with Crippen molar-refractivity contribution in [2.45, 2.75) is 38.3 Å². The van der Waals surface area contributed by atoms with Crippen molar-refractivity contribution in [3.8, 4) is 0 Å². The average molecular weight is 410 g/mol. The molecule has 1 aliphatic heterocycles. The van der Waals surface area contributed by atoms with Gasteiger partial charge in [0.1, 0.15) is 5.82 Å². The number of ether oxygens (including phenoxy) is 1. The van der Waals surface area contributed by atoms with Crippen LogP contribution in [0.5, 0.6) is 0 Å². The number of aromatic nitrogens is 4. The first-order valence-corrected chi connectivity index (χ1v) is 10.5. The van der Waals surface area contributed by atoms with E-state index in [1.807, 2.05) is 43.6 Å². The third-order valence-electron chi connectivity index (χ3n) is 5.98. The molecule has 0 aliphatic carbocycles. The Hall–Kier alpha value is -2.71. The molecule has 0 bridgehead atoms. The number of nitrogens with one attached hydrogen (secondary N) is 2. The zero-order valence-corrected chi connectivity index (χ0v) is 17.9. The zero-order chi connectivity index (χ0) is 21.1. The Morgan fingerprint density at radius 2 is 1.93 bits per heavy atom. The van der Waals surface area contributed by atoms with E-state index in [0.29, 0.717) is 18.4 Å². The van der Waals surface area contributed by atoms with Crippen LogP contribution in [0.4, 0.5) is 11.8 Å². The predicted molar refractivity (Wildman–Crippen MR) is 119 cm³/mol. The van der Waals surface area contributed by atoms with E-state index < -0.39 is 0 Å². The van der Waals surface area contributed by atoms with Gasteiger partial charge in [-0.25, -0.2) is 0 Å². The van der Waals surface area contributed by atoms with E-state index in [9.17, 15) is 0 Å². The first-order chi connectivity index (χ1) is 14.4. The first kappa shape index (κ1) is 20.6. The Morgan fingerprint density at radius 3 is 2.67 bits per heavy atom. The van der Waals surface area contributed by atoms with Crippen molar-refractivity contribution in [3.63, 3.8) is 0 Å². The highest BCUT2D eigenvalue weighted by Crippen LogP contribution is 2.32. The summed E-state index contributed by atoms with van der Waals surface area (Å²) in [5.41, 5.74) is 8.07. The Bertz CT molecular complexity index is 980. The van der Waals surface area contributed by atoms with Crippen molar-refractivity contribution in [3.05, 3.63) is 42.1 Å². The van der Waals surface area contributed by atoms with Crippen LogP contribution < -0.4 is 16.4 Å². The van der Waals surface area contributed by atoms with E-state index in [-0.39, 0.29) is 11.6 Å². The van der Waals surface area contributed by atoms with E-state index in [2.05, 4.69) is 34.6 Å². The number of hydrogen-bond donors (Lipinski definition) is 3. The molecule has 8 heteroatoms. The number of nitrogens with zero attached hydrogens (tertiary/aromatic N) is 4. The maximum absolute atomic E-state index is 6.34. The van der Waals surface area contributed by atoms with Gasteiger partial charge >= 0.3 is 0 Å². The lowest BCUT2D eigenvalue weighted by Crippen LogP contribution is -2.42. The highest BCUT2D eigenvalue weighted by molar-refractivity contribution is 5.87. The predicted octanol–water partition coefficient (Wildman–Crippen LogP) is 3.09. The van der Waals surface area contributed by atoms with Gasteiger partial charge in [-0.3, -0.25) is 4.68 Å². The van der Waals surface area contributed by atoms with Gasteiger partial charge in [0, 0.05) is 38.4 Å². The summed E-state index contributed by atoms with van der Waals surface area (Å²) in [7, 11) is 1.89. The molecule has 0 radical (unpaired) electrons. The lowest BCUT2D eigenvalue weighted by molar-refractivity contribution is 0.0491. The number of hydrogen-bond acceptors (Lipinski definition) is 7. The minimum Gasteiger partial charge on any atom is -0.381 e. The molecule has 1 aromatic carbocycles. The summed E-state index contributed by atoms with van der Waals surface area (Å²) in [6.07, 6.45) is 3.90. The van der Waals surface area contributed by atoms with Gasteiger partial charge in [0.25, 0.3) is 0 Å². The summed E-state index contributed by atoms with van der Waals surface area (Å²) in [5, 5.41) is 12.3. The molecule has 8 nitrogen and oxygen atoms in total. The van der Waals surface area contributed by atoms with Gasteiger partial charge in [-0.1, -0.05) is 30.3 Å². The van der Waals surface area contributed by atoms with Crippen LogP contribution >= 0.6 is 0 Å². The molecule has 3 heterocycles. The Balaban J connectivity index is 1.56. The monoisotopic (exact) mass is 409 g/mol. The molecule has 0 amide bonds. The summed E-state index contributed by atoms with van der Waals surface area (Å²) in [6.45, 7) is 6.62. The van der Waals surface area contributed by atoms with Gasteiger partial charge in [-0.05, 0) is 38.2 Å². The molecular weight excluding hydrogens is 378 g/mol. The first-order valence-electron chi connectivity index (χ1n) is 10.5. The Morgan fingerprint density at radius 1 is 1.20 bits per heavy atom.